The summed E-state index contributed by atoms with van der Waals surface area (Å²) in [5.41, 5.74) is 1.24. The van der Waals surface area contributed by atoms with Gasteiger partial charge < -0.3 is 10.1 Å². The van der Waals surface area contributed by atoms with Gasteiger partial charge in [-0.2, -0.15) is 0 Å². The third-order valence-electron chi connectivity index (χ3n) is 3.26. The van der Waals surface area contributed by atoms with E-state index in [2.05, 4.69) is 34.2 Å². The number of benzene rings is 1. The quantitative estimate of drug-likeness (QED) is 0.703. The van der Waals surface area contributed by atoms with Crippen molar-refractivity contribution < 1.29 is 4.74 Å². The minimum absolute atomic E-state index is 0.370. The van der Waals surface area contributed by atoms with Crippen LogP contribution in [0.3, 0.4) is 0 Å². The van der Waals surface area contributed by atoms with Gasteiger partial charge in [-0.1, -0.05) is 48.5 Å². The van der Waals surface area contributed by atoms with Gasteiger partial charge in [0.15, 0.2) is 0 Å². The minimum Gasteiger partial charge on any atom is -0.496 e. The highest BCUT2D eigenvalue weighted by atomic mass is 79.9. The van der Waals surface area contributed by atoms with Gasteiger partial charge in [-0.25, -0.2) is 0 Å². The van der Waals surface area contributed by atoms with Gasteiger partial charge in [0, 0.05) is 16.1 Å². The van der Waals surface area contributed by atoms with Crippen LogP contribution in [0.2, 0.25) is 0 Å². The molecule has 1 aromatic carbocycles. The monoisotopic (exact) mass is 313 g/mol. The maximum Gasteiger partial charge on any atom is 0.123 e. The lowest BCUT2D eigenvalue weighted by atomic mass is 9.99. The lowest BCUT2D eigenvalue weighted by Gasteiger charge is -2.19. The van der Waals surface area contributed by atoms with Gasteiger partial charge in [0.2, 0.25) is 0 Å². The van der Waals surface area contributed by atoms with E-state index >= 15 is 0 Å². The molecule has 0 aromatic heterocycles. The molecular formula is C15H24BrNO. The summed E-state index contributed by atoms with van der Waals surface area (Å²) >= 11 is 3.53. The van der Waals surface area contributed by atoms with Crippen LogP contribution in [0.15, 0.2) is 22.7 Å². The molecule has 0 spiro atoms. The van der Waals surface area contributed by atoms with Crippen molar-refractivity contribution in [3.05, 3.63) is 28.2 Å². The topological polar surface area (TPSA) is 21.3 Å². The zero-order valence-corrected chi connectivity index (χ0v) is 13.2. The van der Waals surface area contributed by atoms with Crippen LogP contribution in [0.25, 0.3) is 0 Å². The number of nitrogens with one attached hydrogen (secondary N) is 1. The maximum absolute atomic E-state index is 5.45. The number of unbranched alkanes of at least 4 members (excludes halogenated alkanes) is 3. The van der Waals surface area contributed by atoms with Gasteiger partial charge in [0.25, 0.3) is 0 Å². The van der Waals surface area contributed by atoms with Crippen LogP contribution in [0.5, 0.6) is 5.75 Å². The molecule has 0 aliphatic heterocycles. The van der Waals surface area contributed by atoms with Crippen molar-refractivity contribution in [1.29, 1.82) is 0 Å². The molecular weight excluding hydrogens is 290 g/mol. The predicted octanol–water partition coefficient (Wildman–Crippen LogP) is 4.69. The van der Waals surface area contributed by atoms with Gasteiger partial charge in [-0.05, 0) is 31.7 Å². The molecule has 0 bridgehead atoms. The second-order valence-electron chi connectivity index (χ2n) is 4.58. The van der Waals surface area contributed by atoms with E-state index < -0.39 is 0 Å². The molecule has 1 aromatic rings. The van der Waals surface area contributed by atoms with Crippen molar-refractivity contribution in [2.45, 2.75) is 45.1 Å². The van der Waals surface area contributed by atoms with Crippen LogP contribution in [0.4, 0.5) is 0 Å². The Hall–Kier alpha value is -0.540. The van der Waals surface area contributed by atoms with E-state index in [1.54, 1.807) is 7.11 Å². The van der Waals surface area contributed by atoms with Gasteiger partial charge in [-0.15, -0.1) is 0 Å². The van der Waals surface area contributed by atoms with Crippen LogP contribution < -0.4 is 10.1 Å². The first-order valence-corrected chi connectivity index (χ1v) is 7.53. The summed E-state index contributed by atoms with van der Waals surface area (Å²) in [6.45, 7) is 2.24. The average Bonchev–Trinajstić information content (AvgIpc) is 2.39. The van der Waals surface area contributed by atoms with E-state index in [0.717, 1.165) is 16.6 Å². The molecule has 0 radical (unpaired) electrons. The molecule has 18 heavy (non-hydrogen) atoms. The minimum atomic E-state index is 0.370. The van der Waals surface area contributed by atoms with Gasteiger partial charge in [0.05, 0.1) is 7.11 Å². The summed E-state index contributed by atoms with van der Waals surface area (Å²) in [5.74, 6) is 0.966. The van der Waals surface area contributed by atoms with Crippen molar-refractivity contribution in [2.24, 2.45) is 0 Å². The number of ether oxygens (including phenoxy) is 1. The number of methoxy groups -OCH3 is 1. The Morgan fingerprint density at radius 3 is 2.67 bits per heavy atom. The fourth-order valence-corrected chi connectivity index (χ4v) is 2.59. The lowest BCUT2D eigenvalue weighted by Crippen LogP contribution is -2.17. The van der Waals surface area contributed by atoms with E-state index in [4.69, 9.17) is 4.74 Å². The van der Waals surface area contributed by atoms with Gasteiger partial charge in [0.1, 0.15) is 5.75 Å². The first-order chi connectivity index (χ1) is 8.72. The SMILES string of the molecule is CCCCCCC(NC)c1cc(Br)ccc1OC. The Balaban J connectivity index is 2.71. The first-order valence-electron chi connectivity index (χ1n) is 6.73. The summed E-state index contributed by atoms with van der Waals surface area (Å²) in [6.07, 6.45) is 6.33. The number of hydrogen-bond donors (Lipinski definition) is 1. The standard InChI is InChI=1S/C15H24BrNO/c1-4-5-6-7-8-14(17-2)13-11-12(16)9-10-15(13)18-3/h9-11,14,17H,4-8H2,1-3H3. The van der Waals surface area contributed by atoms with Crippen molar-refractivity contribution in [1.82, 2.24) is 5.32 Å². The molecule has 0 fully saturated rings. The summed E-state index contributed by atoms with van der Waals surface area (Å²) in [6, 6.07) is 6.57. The largest absolute Gasteiger partial charge is 0.496 e. The number of halogens is 1. The number of hydrogen-bond acceptors (Lipinski definition) is 2. The van der Waals surface area contributed by atoms with E-state index in [0.29, 0.717) is 6.04 Å². The average molecular weight is 314 g/mol. The highest BCUT2D eigenvalue weighted by Crippen LogP contribution is 2.31. The molecule has 102 valence electrons. The molecule has 1 atom stereocenters. The Morgan fingerprint density at radius 1 is 1.28 bits per heavy atom. The predicted molar refractivity (Wildman–Crippen MR) is 81.3 cm³/mol. The normalized spacial score (nSPS) is 12.4. The molecule has 0 heterocycles. The lowest BCUT2D eigenvalue weighted by molar-refractivity contribution is 0.396. The maximum atomic E-state index is 5.45. The van der Waals surface area contributed by atoms with Crippen molar-refractivity contribution in [3.8, 4) is 5.75 Å². The molecule has 0 aliphatic rings. The molecule has 1 rings (SSSR count). The Kier molecular flexibility index (Phi) is 7.36. The van der Waals surface area contributed by atoms with E-state index in [1.807, 2.05) is 19.2 Å². The summed E-state index contributed by atoms with van der Waals surface area (Å²) < 4.78 is 6.55. The Morgan fingerprint density at radius 2 is 2.06 bits per heavy atom. The highest BCUT2D eigenvalue weighted by Gasteiger charge is 2.14. The molecule has 3 heteroatoms. The Bertz CT molecular complexity index is 354. The molecule has 0 saturated carbocycles. The van der Waals surface area contributed by atoms with Gasteiger partial charge in [-0.3, -0.25) is 0 Å². The highest BCUT2D eigenvalue weighted by molar-refractivity contribution is 9.10. The fourth-order valence-electron chi connectivity index (χ4n) is 2.21. The third-order valence-corrected chi connectivity index (χ3v) is 3.76. The molecule has 0 aliphatic carbocycles. The zero-order valence-electron chi connectivity index (χ0n) is 11.6. The smallest absolute Gasteiger partial charge is 0.123 e. The van der Waals surface area contributed by atoms with Gasteiger partial charge >= 0.3 is 0 Å². The van der Waals surface area contributed by atoms with E-state index in [-0.39, 0.29) is 0 Å². The van der Waals surface area contributed by atoms with Crippen molar-refractivity contribution in [3.63, 3.8) is 0 Å². The summed E-state index contributed by atoms with van der Waals surface area (Å²) in [5, 5.41) is 3.40. The van der Waals surface area contributed by atoms with Crippen LogP contribution >= 0.6 is 15.9 Å². The summed E-state index contributed by atoms with van der Waals surface area (Å²) in [4.78, 5) is 0. The van der Waals surface area contributed by atoms with Crippen molar-refractivity contribution in [2.75, 3.05) is 14.2 Å². The zero-order chi connectivity index (χ0) is 13.4. The van der Waals surface area contributed by atoms with Crippen LogP contribution in [0.1, 0.15) is 50.6 Å². The molecule has 0 amide bonds. The van der Waals surface area contributed by atoms with Crippen molar-refractivity contribution >= 4 is 15.9 Å². The molecule has 1 N–H and O–H groups in total. The second kappa shape index (κ2) is 8.54. The van der Waals surface area contributed by atoms with Crippen LogP contribution in [0, 0.1) is 0 Å². The first kappa shape index (κ1) is 15.5. The Labute approximate surface area is 119 Å². The van der Waals surface area contributed by atoms with Crippen LogP contribution in [-0.4, -0.2) is 14.2 Å². The third kappa shape index (κ3) is 4.62. The molecule has 0 saturated heterocycles. The van der Waals surface area contributed by atoms with E-state index in [9.17, 15) is 0 Å². The summed E-state index contributed by atoms with van der Waals surface area (Å²) in [7, 11) is 3.75. The molecule has 1 unspecified atom stereocenters. The fraction of sp³-hybridized carbons (Fsp3) is 0.600. The number of rotatable bonds is 8. The second-order valence-corrected chi connectivity index (χ2v) is 5.49. The molecule has 2 nitrogen and oxygen atoms in total. The van der Waals surface area contributed by atoms with E-state index in [1.165, 1.54) is 31.2 Å². The van der Waals surface area contributed by atoms with Crippen LogP contribution in [-0.2, 0) is 0 Å².